The van der Waals surface area contributed by atoms with Gasteiger partial charge in [0.2, 0.25) is 6.79 Å². The van der Waals surface area contributed by atoms with Crippen LogP contribution in [0.25, 0.3) is 0 Å². The lowest BCUT2D eigenvalue weighted by atomic mass is 10.0. The third-order valence-electron chi connectivity index (χ3n) is 6.18. The number of nitrogens with zero attached hydrogens (tertiary/aromatic N) is 3. The number of rotatable bonds is 5. The van der Waals surface area contributed by atoms with Crippen LogP contribution >= 0.6 is 0 Å². The Morgan fingerprint density at radius 2 is 1.96 bits per heavy atom. The standard InChI is InChI=1S/C22H28N4O2/c1-15-18-3-2-4-19(18)25-22(24-15)7-10-23-16-8-11-26(12-9-16)17-5-6-20-21(13-17)28-14-27-20/h5-6,13,16,23H,2-4,7-12,14H2,1H3. The molecule has 2 aliphatic heterocycles. The van der Waals surface area contributed by atoms with E-state index in [4.69, 9.17) is 19.4 Å². The van der Waals surface area contributed by atoms with Gasteiger partial charge in [0.15, 0.2) is 11.5 Å². The van der Waals surface area contributed by atoms with E-state index >= 15 is 0 Å². The SMILES string of the molecule is Cc1nc(CCNC2CCN(c3ccc4c(c3)OCO4)CC2)nc2c1CCC2. The number of nitrogens with one attached hydrogen (secondary N) is 1. The van der Waals surface area contributed by atoms with Gasteiger partial charge in [0.05, 0.1) is 0 Å². The molecule has 0 spiro atoms. The van der Waals surface area contributed by atoms with Crippen molar-refractivity contribution in [2.24, 2.45) is 0 Å². The third kappa shape index (κ3) is 3.53. The van der Waals surface area contributed by atoms with Gasteiger partial charge in [0, 0.05) is 55.2 Å². The molecular formula is C22H28N4O2. The third-order valence-corrected chi connectivity index (χ3v) is 6.18. The average molecular weight is 380 g/mol. The molecule has 6 heteroatoms. The number of ether oxygens (including phenoxy) is 2. The molecule has 1 aromatic carbocycles. The van der Waals surface area contributed by atoms with E-state index in [1.165, 1.54) is 29.1 Å². The molecular weight excluding hydrogens is 352 g/mol. The van der Waals surface area contributed by atoms with Crippen LogP contribution in [0.15, 0.2) is 18.2 Å². The summed E-state index contributed by atoms with van der Waals surface area (Å²) in [5.74, 6) is 2.72. The predicted molar refractivity (Wildman–Crippen MR) is 108 cm³/mol. The first-order valence-electron chi connectivity index (χ1n) is 10.5. The van der Waals surface area contributed by atoms with Gasteiger partial charge >= 0.3 is 0 Å². The van der Waals surface area contributed by atoms with Crippen molar-refractivity contribution in [3.05, 3.63) is 41.0 Å². The maximum atomic E-state index is 5.51. The Hall–Kier alpha value is -2.34. The fourth-order valence-electron chi connectivity index (χ4n) is 4.61. The Morgan fingerprint density at radius 3 is 2.86 bits per heavy atom. The van der Waals surface area contributed by atoms with Crippen LogP contribution in [-0.2, 0) is 19.3 Å². The molecule has 0 amide bonds. The van der Waals surface area contributed by atoms with Gasteiger partial charge in [-0.05, 0) is 56.7 Å². The topological polar surface area (TPSA) is 59.5 Å². The highest BCUT2D eigenvalue weighted by molar-refractivity contribution is 5.57. The van der Waals surface area contributed by atoms with Crippen LogP contribution in [0.4, 0.5) is 5.69 Å². The molecule has 3 heterocycles. The highest BCUT2D eigenvalue weighted by Crippen LogP contribution is 2.36. The number of aromatic nitrogens is 2. The van der Waals surface area contributed by atoms with Gasteiger partial charge in [-0.2, -0.15) is 0 Å². The van der Waals surface area contributed by atoms with E-state index < -0.39 is 0 Å². The second-order valence-electron chi connectivity index (χ2n) is 8.01. The second-order valence-corrected chi connectivity index (χ2v) is 8.01. The molecule has 0 bridgehead atoms. The van der Waals surface area contributed by atoms with Gasteiger partial charge in [-0.1, -0.05) is 0 Å². The molecule has 3 aliphatic rings. The van der Waals surface area contributed by atoms with Crippen LogP contribution in [0.2, 0.25) is 0 Å². The first kappa shape index (κ1) is 17.7. The van der Waals surface area contributed by atoms with E-state index in [2.05, 4.69) is 29.3 Å². The maximum absolute atomic E-state index is 5.51. The molecule has 2 aromatic rings. The molecule has 0 radical (unpaired) electrons. The van der Waals surface area contributed by atoms with Gasteiger partial charge < -0.3 is 19.7 Å². The van der Waals surface area contributed by atoms with Crippen molar-refractivity contribution < 1.29 is 9.47 Å². The number of benzene rings is 1. The first-order chi connectivity index (χ1) is 13.8. The van der Waals surface area contributed by atoms with Crippen molar-refractivity contribution in [2.45, 2.75) is 51.5 Å². The smallest absolute Gasteiger partial charge is 0.231 e. The van der Waals surface area contributed by atoms with Crippen LogP contribution in [0.5, 0.6) is 11.5 Å². The molecule has 1 aliphatic carbocycles. The van der Waals surface area contributed by atoms with Crippen LogP contribution < -0.4 is 19.7 Å². The first-order valence-corrected chi connectivity index (χ1v) is 10.5. The number of fused-ring (bicyclic) bond motifs is 2. The summed E-state index contributed by atoms with van der Waals surface area (Å²) in [5.41, 5.74) is 5.10. The Morgan fingerprint density at radius 1 is 1.11 bits per heavy atom. The summed E-state index contributed by atoms with van der Waals surface area (Å²) < 4.78 is 10.9. The van der Waals surface area contributed by atoms with Crippen LogP contribution in [0, 0.1) is 6.92 Å². The molecule has 1 saturated heterocycles. The van der Waals surface area contributed by atoms with Crippen LogP contribution in [0.1, 0.15) is 42.0 Å². The van der Waals surface area contributed by atoms with E-state index in [9.17, 15) is 0 Å². The molecule has 1 aromatic heterocycles. The fourth-order valence-corrected chi connectivity index (χ4v) is 4.61. The molecule has 148 valence electrons. The summed E-state index contributed by atoms with van der Waals surface area (Å²) in [6.45, 7) is 5.54. The summed E-state index contributed by atoms with van der Waals surface area (Å²) in [4.78, 5) is 12.0. The van der Waals surface area contributed by atoms with Crippen molar-refractivity contribution >= 4 is 5.69 Å². The van der Waals surface area contributed by atoms with Gasteiger partial charge in [-0.3, -0.25) is 0 Å². The van der Waals surface area contributed by atoms with Crippen molar-refractivity contribution in [3.63, 3.8) is 0 Å². The maximum Gasteiger partial charge on any atom is 0.231 e. The van der Waals surface area contributed by atoms with Crippen molar-refractivity contribution in [3.8, 4) is 11.5 Å². The fraction of sp³-hybridized carbons (Fsp3) is 0.545. The number of anilines is 1. The number of hydrogen-bond acceptors (Lipinski definition) is 6. The van der Waals surface area contributed by atoms with Gasteiger partial charge in [0.1, 0.15) is 5.82 Å². The average Bonchev–Trinajstić information content (AvgIpc) is 3.37. The molecule has 0 unspecified atom stereocenters. The normalized spacial score (nSPS) is 18.5. The van der Waals surface area contributed by atoms with Gasteiger partial charge in [0.25, 0.3) is 0 Å². The van der Waals surface area contributed by atoms with Crippen molar-refractivity contribution in [1.29, 1.82) is 0 Å². The summed E-state index contributed by atoms with van der Waals surface area (Å²) in [6, 6.07) is 6.82. The Kier molecular flexibility index (Phi) is 4.81. The number of aryl methyl sites for hydroxylation is 2. The number of piperidine rings is 1. The molecule has 5 rings (SSSR count). The van der Waals surface area contributed by atoms with E-state index in [1.807, 2.05) is 6.07 Å². The minimum atomic E-state index is 0.332. The van der Waals surface area contributed by atoms with Gasteiger partial charge in [-0.15, -0.1) is 0 Å². The summed E-state index contributed by atoms with van der Waals surface area (Å²) in [7, 11) is 0. The highest BCUT2D eigenvalue weighted by Gasteiger charge is 2.22. The molecule has 0 saturated carbocycles. The zero-order valence-electron chi connectivity index (χ0n) is 16.5. The van der Waals surface area contributed by atoms with E-state index in [0.29, 0.717) is 12.8 Å². The Bertz CT molecular complexity index is 862. The number of hydrogen-bond donors (Lipinski definition) is 1. The lowest BCUT2D eigenvalue weighted by Gasteiger charge is -2.34. The second kappa shape index (κ2) is 7.59. The lowest BCUT2D eigenvalue weighted by molar-refractivity contribution is 0.174. The largest absolute Gasteiger partial charge is 0.454 e. The highest BCUT2D eigenvalue weighted by atomic mass is 16.7. The van der Waals surface area contributed by atoms with Crippen molar-refractivity contribution in [2.75, 3.05) is 31.3 Å². The Balaban J connectivity index is 1.11. The molecule has 1 N–H and O–H groups in total. The van der Waals surface area contributed by atoms with E-state index in [0.717, 1.165) is 69.1 Å². The quantitative estimate of drug-likeness (QED) is 0.861. The molecule has 6 nitrogen and oxygen atoms in total. The summed E-state index contributed by atoms with van der Waals surface area (Å²) in [6.07, 6.45) is 6.72. The van der Waals surface area contributed by atoms with Gasteiger partial charge in [-0.25, -0.2) is 9.97 Å². The van der Waals surface area contributed by atoms with E-state index in [-0.39, 0.29) is 0 Å². The van der Waals surface area contributed by atoms with Crippen LogP contribution in [-0.4, -0.2) is 42.4 Å². The van der Waals surface area contributed by atoms with Crippen LogP contribution in [0.3, 0.4) is 0 Å². The van der Waals surface area contributed by atoms with Crippen molar-refractivity contribution in [1.82, 2.24) is 15.3 Å². The lowest BCUT2D eigenvalue weighted by Crippen LogP contribution is -2.43. The molecule has 1 fully saturated rings. The Labute approximate surface area is 166 Å². The minimum absolute atomic E-state index is 0.332. The zero-order chi connectivity index (χ0) is 18.9. The summed E-state index contributed by atoms with van der Waals surface area (Å²) in [5, 5.41) is 3.72. The summed E-state index contributed by atoms with van der Waals surface area (Å²) >= 11 is 0. The van der Waals surface area contributed by atoms with E-state index in [1.54, 1.807) is 0 Å². The monoisotopic (exact) mass is 380 g/mol. The molecule has 0 atom stereocenters. The minimum Gasteiger partial charge on any atom is -0.454 e. The zero-order valence-corrected chi connectivity index (χ0v) is 16.5. The predicted octanol–water partition coefficient (Wildman–Crippen LogP) is 2.80. The molecule has 28 heavy (non-hydrogen) atoms.